The van der Waals surface area contributed by atoms with E-state index in [1.54, 1.807) is 6.07 Å². The number of halogens is 1. The first-order valence-electron chi connectivity index (χ1n) is 17.3. The number of aromatic nitrogens is 2. The maximum atomic E-state index is 12.4. The first-order chi connectivity index (χ1) is 23.4. The Balaban J connectivity index is 0.936. The lowest BCUT2D eigenvalue weighted by atomic mass is 9.78. The summed E-state index contributed by atoms with van der Waals surface area (Å²) in [5.41, 5.74) is 2.71. The van der Waals surface area contributed by atoms with Crippen molar-refractivity contribution >= 4 is 29.3 Å². The fourth-order valence-electron chi connectivity index (χ4n) is 6.96. The first kappa shape index (κ1) is 34.9. The molecule has 1 unspecified atom stereocenters. The molecule has 3 aliphatic heterocycles. The van der Waals surface area contributed by atoms with Crippen LogP contribution in [0.25, 0.3) is 4.85 Å². The average Bonchev–Trinajstić information content (AvgIpc) is 3.54. The maximum absolute atomic E-state index is 12.4. The van der Waals surface area contributed by atoms with Crippen LogP contribution in [0.4, 0.5) is 16.4 Å². The van der Waals surface area contributed by atoms with Gasteiger partial charge in [0.1, 0.15) is 18.0 Å². The Labute approximate surface area is 295 Å². The van der Waals surface area contributed by atoms with Crippen LogP contribution in [0, 0.1) is 12.5 Å². The molecule has 3 fully saturated rings. The molecule has 0 spiro atoms. The minimum absolute atomic E-state index is 0.185. The van der Waals surface area contributed by atoms with Crippen LogP contribution in [-0.2, 0) is 16.8 Å². The van der Waals surface area contributed by atoms with Gasteiger partial charge in [0.2, 0.25) is 5.95 Å². The van der Waals surface area contributed by atoms with E-state index in [4.69, 9.17) is 32.6 Å². The molecule has 0 bridgehead atoms. The normalized spacial score (nSPS) is 19.4. The predicted octanol–water partition coefficient (Wildman–Crippen LogP) is 6.65. The number of benzene rings is 2. The number of ether oxygens (including phenoxy) is 2. The van der Waals surface area contributed by atoms with E-state index in [0.29, 0.717) is 29.3 Å². The van der Waals surface area contributed by atoms with Crippen molar-refractivity contribution in [3.8, 4) is 5.75 Å². The third kappa shape index (κ3) is 8.64. The van der Waals surface area contributed by atoms with Crippen molar-refractivity contribution in [3.63, 3.8) is 0 Å². The van der Waals surface area contributed by atoms with Gasteiger partial charge in [0.05, 0.1) is 12.3 Å². The van der Waals surface area contributed by atoms with Crippen molar-refractivity contribution in [1.29, 1.82) is 0 Å². The molecular weight excluding hydrogens is 638 g/mol. The summed E-state index contributed by atoms with van der Waals surface area (Å²) in [5.74, 6) is 2.04. The molecule has 0 aliphatic carbocycles. The molecule has 1 amide bonds. The quantitative estimate of drug-likeness (QED) is 0.232. The van der Waals surface area contributed by atoms with E-state index in [1.165, 1.54) is 0 Å². The van der Waals surface area contributed by atoms with Crippen LogP contribution >= 0.6 is 11.6 Å². The summed E-state index contributed by atoms with van der Waals surface area (Å²) in [4.78, 5) is 34.7. The maximum Gasteiger partial charge on any atom is 0.410 e. The summed E-state index contributed by atoms with van der Waals surface area (Å²) < 4.78 is 11.7. The summed E-state index contributed by atoms with van der Waals surface area (Å²) in [5, 5.41) is 0.568. The standard InChI is InChI=1S/C38H48ClN7O3/c1-37(2,3)49-36(47)46-14-12-27(23-46)22-43-24-33(25-43)44-15-17-45(18-16-44)35-41-13-11-31(42-35)26-48-34-9-7-28(8-10-34)38(4,5)29-19-30(39)21-32(20-29)40-6/h7-11,13,19-21,27,33H,12,14-18,22-26H2,1-5H3. The van der Waals surface area contributed by atoms with Crippen LogP contribution in [0.2, 0.25) is 5.02 Å². The van der Waals surface area contributed by atoms with Gasteiger partial charge >= 0.3 is 6.09 Å². The number of piperazine rings is 1. The van der Waals surface area contributed by atoms with E-state index in [2.05, 4.69) is 50.5 Å². The van der Waals surface area contributed by atoms with Crippen molar-refractivity contribution < 1.29 is 14.3 Å². The van der Waals surface area contributed by atoms with Gasteiger partial charge in [0.15, 0.2) is 5.69 Å². The number of hydrogen-bond acceptors (Lipinski definition) is 8. The lowest BCUT2D eigenvalue weighted by Crippen LogP contribution is -2.63. The first-order valence-corrected chi connectivity index (χ1v) is 17.7. The highest BCUT2D eigenvalue weighted by molar-refractivity contribution is 6.31. The van der Waals surface area contributed by atoms with Crippen molar-refractivity contribution in [3.05, 3.63) is 88.0 Å². The SMILES string of the molecule is [C-]#[N+]c1cc(Cl)cc(C(C)(C)c2ccc(OCc3ccnc(N4CCN(C5CN(CC6CCN(C(=O)OC(C)(C)C)C6)C5)CC4)n3)cc2)c1. The smallest absolute Gasteiger partial charge is 0.410 e. The van der Waals surface area contributed by atoms with E-state index < -0.39 is 5.60 Å². The second kappa shape index (κ2) is 14.5. The fraction of sp³-hybridized carbons (Fsp3) is 0.526. The zero-order chi connectivity index (χ0) is 34.8. The van der Waals surface area contributed by atoms with E-state index in [0.717, 1.165) is 93.8 Å². The molecule has 0 N–H and O–H groups in total. The van der Waals surface area contributed by atoms with Gasteiger partial charge in [-0.25, -0.2) is 19.6 Å². The molecule has 49 heavy (non-hydrogen) atoms. The summed E-state index contributed by atoms with van der Waals surface area (Å²) in [6, 6.07) is 16.1. The molecular formula is C38H48ClN7O3. The monoisotopic (exact) mass is 685 g/mol. The zero-order valence-electron chi connectivity index (χ0n) is 29.4. The fourth-order valence-corrected chi connectivity index (χ4v) is 7.19. The van der Waals surface area contributed by atoms with Gasteiger partial charge < -0.3 is 19.3 Å². The van der Waals surface area contributed by atoms with Gasteiger partial charge in [-0.1, -0.05) is 43.6 Å². The van der Waals surface area contributed by atoms with E-state index in [1.807, 2.05) is 62.2 Å². The molecule has 10 nitrogen and oxygen atoms in total. The molecule has 6 rings (SSSR count). The molecule has 1 atom stereocenters. The van der Waals surface area contributed by atoms with Gasteiger partial charge in [-0.05, 0) is 74.6 Å². The number of hydrogen-bond donors (Lipinski definition) is 0. The number of carbonyl (C=O) groups excluding carboxylic acids is 1. The van der Waals surface area contributed by atoms with E-state index in [9.17, 15) is 4.79 Å². The van der Waals surface area contributed by atoms with Crippen LogP contribution in [0.5, 0.6) is 5.75 Å². The zero-order valence-corrected chi connectivity index (χ0v) is 30.1. The molecule has 2 aromatic carbocycles. The number of rotatable bonds is 9. The average molecular weight is 686 g/mol. The lowest BCUT2D eigenvalue weighted by Gasteiger charge is -2.48. The topological polar surface area (TPSA) is 78.6 Å². The Morgan fingerprint density at radius 2 is 1.69 bits per heavy atom. The van der Waals surface area contributed by atoms with E-state index in [-0.39, 0.29) is 11.5 Å². The van der Waals surface area contributed by atoms with Gasteiger partial charge in [0, 0.05) is 81.6 Å². The van der Waals surface area contributed by atoms with Crippen molar-refractivity contribution in [2.24, 2.45) is 5.92 Å². The van der Waals surface area contributed by atoms with Crippen LogP contribution in [-0.4, -0.2) is 101 Å². The second-order valence-corrected chi connectivity index (χ2v) is 15.5. The number of anilines is 1. The molecule has 0 saturated carbocycles. The highest BCUT2D eigenvalue weighted by atomic mass is 35.5. The van der Waals surface area contributed by atoms with Crippen LogP contribution in [0.1, 0.15) is 57.9 Å². The summed E-state index contributed by atoms with van der Waals surface area (Å²) in [6.07, 6.45) is 2.68. The predicted molar refractivity (Wildman–Crippen MR) is 193 cm³/mol. The molecule has 260 valence electrons. The van der Waals surface area contributed by atoms with Gasteiger partial charge in [-0.15, -0.1) is 0 Å². The van der Waals surface area contributed by atoms with Crippen LogP contribution in [0.15, 0.2) is 54.7 Å². The Kier molecular flexibility index (Phi) is 10.4. The molecule has 3 aromatic rings. The summed E-state index contributed by atoms with van der Waals surface area (Å²) in [7, 11) is 0. The third-order valence-electron chi connectivity index (χ3n) is 9.90. The molecule has 11 heteroatoms. The Morgan fingerprint density at radius 3 is 2.39 bits per heavy atom. The minimum Gasteiger partial charge on any atom is -0.487 e. The highest BCUT2D eigenvalue weighted by Gasteiger charge is 2.37. The van der Waals surface area contributed by atoms with Gasteiger partial charge in [-0.3, -0.25) is 9.80 Å². The Bertz CT molecular complexity index is 1650. The molecule has 3 saturated heterocycles. The molecule has 4 heterocycles. The Hall–Kier alpha value is -3.91. The largest absolute Gasteiger partial charge is 0.487 e. The Morgan fingerprint density at radius 1 is 0.959 bits per heavy atom. The van der Waals surface area contributed by atoms with Gasteiger partial charge in [0.25, 0.3) is 0 Å². The number of carbonyl (C=O) groups is 1. The van der Waals surface area contributed by atoms with Gasteiger partial charge in [-0.2, -0.15) is 0 Å². The summed E-state index contributed by atoms with van der Waals surface area (Å²) in [6.45, 7) is 26.4. The summed E-state index contributed by atoms with van der Waals surface area (Å²) >= 11 is 6.29. The third-order valence-corrected chi connectivity index (χ3v) is 10.1. The molecule has 0 radical (unpaired) electrons. The van der Waals surface area contributed by atoms with Crippen LogP contribution in [0.3, 0.4) is 0 Å². The van der Waals surface area contributed by atoms with Crippen molar-refractivity contribution in [1.82, 2.24) is 24.7 Å². The lowest BCUT2D eigenvalue weighted by molar-refractivity contribution is 0.0178. The molecule has 3 aliphatic rings. The number of nitrogens with zero attached hydrogens (tertiary/aromatic N) is 7. The van der Waals surface area contributed by atoms with Crippen LogP contribution < -0.4 is 9.64 Å². The van der Waals surface area contributed by atoms with Crippen molar-refractivity contribution in [2.45, 2.75) is 64.7 Å². The number of amides is 1. The van der Waals surface area contributed by atoms with E-state index >= 15 is 0 Å². The molecule has 1 aromatic heterocycles. The number of likely N-dealkylation sites (tertiary alicyclic amines) is 2. The highest BCUT2D eigenvalue weighted by Crippen LogP contribution is 2.36. The second-order valence-electron chi connectivity index (χ2n) is 15.1. The minimum atomic E-state index is -0.452. The van der Waals surface area contributed by atoms with Crippen molar-refractivity contribution in [2.75, 3.05) is 63.8 Å².